The molecule has 5 nitrogen and oxygen atoms in total. The van der Waals surface area contributed by atoms with Crippen LogP contribution in [0.3, 0.4) is 0 Å². The van der Waals surface area contributed by atoms with Crippen molar-refractivity contribution in [2.45, 2.75) is 0 Å². The van der Waals surface area contributed by atoms with E-state index in [2.05, 4.69) is 21.2 Å². The Labute approximate surface area is 94.7 Å². The maximum atomic E-state index is 11.0. The number of benzene rings is 1. The number of anilines is 1. The van der Waals surface area contributed by atoms with Gasteiger partial charge in [0.1, 0.15) is 5.75 Å². The standard InChI is InChI=1S/C9H9BrN2O3/c1-15-7-3-2-5(10)4-6(7)12-9(14)8(11)13/h2-4H,1H3,(H2,11,13)(H,12,14). The second-order valence-electron chi connectivity index (χ2n) is 2.66. The van der Waals surface area contributed by atoms with Crippen LogP contribution in [0.4, 0.5) is 5.69 Å². The Morgan fingerprint density at radius 2 is 2.13 bits per heavy atom. The zero-order chi connectivity index (χ0) is 11.4. The van der Waals surface area contributed by atoms with Gasteiger partial charge in [-0.25, -0.2) is 0 Å². The number of hydrogen-bond donors (Lipinski definition) is 2. The Bertz CT molecular complexity index is 406. The molecule has 6 heteroatoms. The van der Waals surface area contributed by atoms with Crippen molar-refractivity contribution in [1.29, 1.82) is 0 Å². The number of carbonyl (C=O) groups excluding carboxylic acids is 2. The minimum absolute atomic E-state index is 0.385. The monoisotopic (exact) mass is 272 g/mol. The maximum Gasteiger partial charge on any atom is 0.313 e. The molecule has 0 spiro atoms. The topological polar surface area (TPSA) is 81.4 Å². The molecule has 0 aliphatic heterocycles. The van der Waals surface area contributed by atoms with Gasteiger partial charge in [-0.2, -0.15) is 0 Å². The highest BCUT2D eigenvalue weighted by molar-refractivity contribution is 9.10. The van der Waals surface area contributed by atoms with Crippen LogP contribution in [0.25, 0.3) is 0 Å². The van der Waals surface area contributed by atoms with E-state index in [0.717, 1.165) is 4.47 Å². The van der Waals surface area contributed by atoms with Crippen LogP contribution in [-0.2, 0) is 9.59 Å². The van der Waals surface area contributed by atoms with Crippen LogP contribution in [0.5, 0.6) is 5.75 Å². The van der Waals surface area contributed by atoms with Gasteiger partial charge in [0, 0.05) is 4.47 Å². The Balaban J connectivity index is 2.97. The molecule has 0 saturated heterocycles. The summed E-state index contributed by atoms with van der Waals surface area (Å²) < 4.78 is 5.75. The minimum atomic E-state index is -1.04. The lowest BCUT2D eigenvalue weighted by Gasteiger charge is -2.08. The number of ether oxygens (including phenoxy) is 1. The van der Waals surface area contributed by atoms with Crippen LogP contribution in [0.15, 0.2) is 22.7 Å². The van der Waals surface area contributed by atoms with Gasteiger partial charge in [-0.1, -0.05) is 15.9 Å². The Morgan fingerprint density at radius 1 is 1.47 bits per heavy atom. The van der Waals surface area contributed by atoms with Crippen molar-refractivity contribution < 1.29 is 14.3 Å². The zero-order valence-corrected chi connectivity index (χ0v) is 9.50. The number of nitrogens with one attached hydrogen (secondary N) is 1. The van der Waals surface area contributed by atoms with E-state index in [1.807, 2.05) is 0 Å². The number of rotatable bonds is 2. The van der Waals surface area contributed by atoms with Crippen LogP contribution in [0.2, 0.25) is 0 Å². The van der Waals surface area contributed by atoms with Gasteiger partial charge >= 0.3 is 11.8 Å². The molecule has 2 amide bonds. The SMILES string of the molecule is COc1ccc(Br)cc1NC(=O)C(N)=O. The van der Waals surface area contributed by atoms with Gasteiger partial charge in [0.15, 0.2) is 0 Å². The number of halogens is 1. The van der Waals surface area contributed by atoms with E-state index < -0.39 is 11.8 Å². The second-order valence-corrected chi connectivity index (χ2v) is 3.58. The van der Waals surface area contributed by atoms with Crippen molar-refractivity contribution in [3.8, 4) is 5.75 Å². The molecule has 0 aromatic heterocycles. The number of carbonyl (C=O) groups is 2. The lowest BCUT2D eigenvalue weighted by Crippen LogP contribution is -2.29. The molecule has 1 rings (SSSR count). The van der Waals surface area contributed by atoms with Crippen molar-refractivity contribution in [2.75, 3.05) is 12.4 Å². The van der Waals surface area contributed by atoms with E-state index in [1.54, 1.807) is 18.2 Å². The summed E-state index contributed by atoms with van der Waals surface area (Å²) in [5, 5.41) is 2.33. The smallest absolute Gasteiger partial charge is 0.313 e. The molecule has 1 aromatic rings. The maximum absolute atomic E-state index is 11.0. The number of methoxy groups -OCH3 is 1. The predicted molar refractivity (Wildman–Crippen MR) is 58.5 cm³/mol. The molecule has 0 radical (unpaired) electrons. The van der Waals surface area contributed by atoms with E-state index in [4.69, 9.17) is 10.5 Å². The van der Waals surface area contributed by atoms with Crippen molar-refractivity contribution in [3.05, 3.63) is 22.7 Å². The zero-order valence-electron chi connectivity index (χ0n) is 7.91. The fraction of sp³-hybridized carbons (Fsp3) is 0.111. The van der Waals surface area contributed by atoms with Crippen LogP contribution < -0.4 is 15.8 Å². The van der Waals surface area contributed by atoms with Crippen LogP contribution in [-0.4, -0.2) is 18.9 Å². The van der Waals surface area contributed by atoms with Gasteiger partial charge < -0.3 is 15.8 Å². The summed E-state index contributed by atoms with van der Waals surface area (Å²) in [5.74, 6) is -1.48. The quantitative estimate of drug-likeness (QED) is 0.785. The molecule has 80 valence electrons. The minimum Gasteiger partial charge on any atom is -0.495 e. The summed E-state index contributed by atoms with van der Waals surface area (Å²) in [7, 11) is 1.46. The third-order valence-corrected chi connectivity index (χ3v) is 2.13. The number of hydrogen-bond acceptors (Lipinski definition) is 3. The van der Waals surface area contributed by atoms with Crippen LogP contribution in [0, 0.1) is 0 Å². The van der Waals surface area contributed by atoms with Gasteiger partial charge in [-0.15, -0.1) is 0 Å². The molecular formula is C9H9BrN2O3. The van der Waals surface area contributed by atoms with Crippen molar-refractivity contribution in [1.82, 2.24) is 0 Å². The van der Waals surface area contributed by atoms with Crippen molar-refractivity contribution in [2.24, 2.45) is 5.73 Å². The molecule has 0 heterocycles. The Hall–Kier alpha value is -1.56. The number of nitrogens with two attached hydrogens (primary N) is 1. The summed E-state index contributed by atoms with van der Waals surface area (Å²) in [4.78, 5) is 21.6. The molecule has 3 N–H and O–H groups in total. The van der Waals surface area contributed by atoms with Crippen molar-refractivity contribution in [3.63, 3.8) is 0 Å². The first-order chi connectivity index (χ1) is 7.04. The van der Waals surface area contributed by atoms with Gasteiger partial charge in [0.2, 0.25) is 0 Å². The molecule has 1 aromatic carbocycles. The summed E-state index contributed by atoms with van der Waals surface area (Å²) in [6, 6.07) is 5.01. The summed E-state index contributed by atoms with van der Waals surface area (Å²) >= 11 is 3.23. The molecule has 0 saturated carbocycles. The predicted octanol–water partition coefficient (Wildman–Crippen LogP) is 0.881. The molecule has 0 fully saturated rings. The Kier molecular flexibility index (Phi) is 3.68. The van der Waals surface area contributed by atoms with E-state index in [0.29, 0.717) is 11.4 Å². The van der Waals surface area contributed by atoms with Crippen molar-refractivity contribution >= 4 is 33.4 Å². The lowest BCUT2D eigenvalue weighted by molar-refractivity contribution is -0.134. The van der Waals surface area contributed by atoms with Gasteiger partial charge in [-0.05, 0) is 18.2 Å². The average Bonchev–Trinajstić information content (AvgIpc) is 2.18. The first-order valence-electron chi connectivity index (χ1n) is 3.99. The summed E-state index contributed by atoms with van der Waals surface area (Å²) in [5.41, 5.74) is 5.19. The Morgan fingerprint density at radius 3 is 2.67 bits per heavy atom. The average molecular weight is 273 g/mol. The summed E-state index contributed by atoms with van der Waals surface area (Å²) in [6.07, 6.45) is 0. The highest BCUT2D eigenvalue weighted by atomic mass is 79.9. The first kappa shape index (κ1) is 11.5. The molecular weight excluding hydrogens is 264 g/mol. The van der Waals surface area contributed by atoms with E-state index in [1.165, 1.54) is 7.11 Å². The molecule has 0 unspecified atom stereocenters. The first-order valence-corrected chi connectivity index (χ1v) is 4.78. The van der Waals surface area contributed by atoms with Crippen LogP contribution >= 0.6 is 15.9 Å². The lowest BCUT2D eigenvalue weighted by atomic mass is 10.3. The van der Waals surface area contributed by atoms with E-state index in [9.17, 15) is 9.59 Å². The molecule has 0 aliphatic rings. The second kappa shape index (κ2) is 4.79. The normalized spacial score (nSPS) is 9.47. The number of amides is 2. The fourth-order valence-corrected chi connectivity index (χ4v) is 1.32. The highest BCUT2D eigenvalue weighted by Gasteiger charge is 2.12. The third kappa shape index (κ3) is 2.95. The molecule has 15 heavy (non-hydrogen) atoms. The van der Waals surface area contributed by atoms with Gasteiger partial charge in [0.05, 0.1) is 12.8 Å². The molecule has 0 bridgehead atoms. The third-order valence-electron chi connectivity index (χ3n) is 1.63. The number of primary amides is 1. The largest absolute Gasteiger partial charge is 0.495 e. The molecule has 0 atom stereocenters. The van der Waals surface area contributed by atoms with E-state index >= 15 is 0 Å². The van der Waals surface area contributed by atoms with Crippen LogP contribution in [0.1, 0.15) is 0 Å². The molecule has 0 aliphatic carbocycles. The van der Waals surface area contributed by atoms with Gasteiger partial charge in [0.25, 0.3) is 0 Å². The van der Waals surface area contributed by atoms with E-state index in [-0.39, 0.29) is 0 Å². The fourth-order valence-electron chi connectivity index (χ4n) is 0.962. The highest BCUT2D eigenvalue weighted by Crippen LogP contribution is 2.27. The summed E-state index contributed by atoms with van der Waals surface area (Å²) in [6.45, 7) is 0. The van der Waals surface area contributed by atoms with Gasteiger partial charge in [-0.3, -0.25) is 9.59 Å².